The van der Waals surface area contributed by atoms with Crippen LogP contribution in [0.25, 0.3) is 0 Å². The average Bonchev–Trinajstić information content (AvgIpc) is 2.60. The first-order chi connectivity index (χ1) is 11.7. The van der Waals surface area contributed by atoms with Crippen molar-refractivity contribution >= 4 is 0 Å². The number of likely N-dealkylation sites (tertiary alicyclic amines) is 1. The Labute approximate surface area is 143 Å². The zero-order valence-corrected chi connectivity index (χ0v) is 14.4. The molecule has 1 unspecified atom stereocenters. The molecule has 3 heterocycles. The van der Waals surface area contributed by atoms with Crippen LogP contribution in [0.5, 0.6) is 11.5 Å². The molecule has 0 saturated carbocycles. The highest BCUT2D eigenvalue weighted by Crippen LogP contribution is 2.37. The molecule has 0 bridgehead atoms. The summed E-state index contributed by atoms with van der Waals surface area (Å²) in [6.45, 7) is 7.01. The average molecular weight is 333 g/mol. The normalized spacial score (nSPS) is 26.5. The van der Waals surface area contributed by atoms with E-state index in [0.29, 0.717) is 13.2 Å². The fraction of sp³-hybridized carbons (Fsp3) is 0.684. The van der Waals surface area contributed by atoms with Crippen LogP contribution < -0.4 is 9.47 Å². The molecular weight excluding hydrogens is 306 g/mol. The van der Waals surface area contributed by atoms with Gasteiger partial charge in [0.2, 0.25) is 0 Å². The van der Waals surface area contributed by atoms with Crippen LogP contribution in [0.1, 0.15) is 36.8 Å². The molecule has 0 amide bonds. The van der Waals surface area contributed by atoms with E-state index in [-0.39, 0.29) is 11.7 Å². The number of hydrogen-bond acceptors (Lipinski definition) is 5. The Kier molecular flexibility index (Phi) is 4.41. The fourth-order valence-electron chi connectivity index (χ4n) is 4.12. The lowest BCUT2D eigenvalue weighted by Crippen LogP contribution is -2.55. The third-order valence-electron chi connectivity index (χ3n) is 5.72. The van der Waals surface area contributed by atoms with Gasteiger partial charge in [0.05, 0.1) is 11.7 Å². The number of aliphatic hydroxyl groups excluding tert-OH is 1. The third kappa shape index (κ3) is 3.01. The summed E-state index contributed by atoms with van der Waals surface area (Å²) in [6.07, 6.45) is 3.38. The van der Waals surface area contributed by atoms with Gasteiger partial charge in [-0.2, -0.15) is 0 Å². The Bertz CT molecular complexity index is 595. The standard InChI is InChI=1S/C19H27NO4/c1-14-11-16-17(23-10-9-22-16)12-15(14)13-20-6-4-19(5-7-20)18(21)3-2-8-24-19/h11-12,18,21H,2-10,13H2,1H3. The van der Waals surface area contributed by atoms with Gasteiger partial charge in [0.15, 0.2) is 11.5 Å². The smallest absolute Gasteiger partial charge is 0.161 e. The van der Waals surface area contributed by atoms with Crippen molar-refractivity contribution in [2.75, 3.05) is 32.9 Å². The summed E-state index contributed by atoms with van der Waals surface area (Å²) in [7, 11) is 0. The van der Waals surface area contributed by atoms with Crippen molar-refractivity contribution in [1.82, 2.24) is 4.90 Å². The van der Waals surface area contributed by atoms with Crippen LogP contribution in [0.3, 0.4) is 0 Å². The zero-order chi connectivity index (χ0) is 16.6. The second-order valence-electron chi connectivity index (χ2n) is 7.27. The number of hydrogen-bond donors (Lipinski definition) is 1. The van der Waals surface area contributed by atoms with Crippen molar-refractivity contribution in [2.45, 2.75) is 50.9 Å². The highest BCUT2D eigenvalue weighted by atomic mass is 16.6. The van der Waals surface area contributed by atoms with Crippen LogP contribution in [-0.2, 0) is 11.3 Å². The van der Waals surface area contributed by atoms with Crippen molar-refractivity contribution in [3.63, 3.8) is 0 Å². The molecule has 3 aliphatic heterocycles. The summed E-state index contributed by atoms with van der Waals surface area (Å²) in [4.78, 5) is 2.45. The van der Waals surface area contributed by atoms with Gasteiger partial charge in [-0.15, -0.1) is 0 Å². The molecule has 1 aromatic carbocycles. The summed E-state index contributed by atoms with van der Waals surface area (Å²) in [6, 6.07) is 4.21. The number of rotatable bonds is 2. The molecule has 3 aliphatic rings. The largest absolute Gasteiger partial charge is 0.486 e. The quantitative estimate of drug-likeness (QED) is 0.900. The van der Waals surface area contributed by atoms with E-state index in [1.807, 2.05) is 0 Å². The first kappa shape index (κ1) is 16.2. The molecule has 2 fully saturated rings. The van der Waals surface area contributed by atoms with E-state index >= 15 is 0 Å². The predicted molar refractivity (Wildman–Crippen MR) is 90.6 cm³/mol. The Morgan fingerprint density at radius 3 is 2.54 bits per heavy atom. The molecule has 0 radical (unpaired) electrons. The van der Waals surface area contributed by atoms with Gasteiger partial charge < -0.3 is 19.3 Å². The number of piperidine rings is 1. The molecule has 1 atom stereocenters. The Hall–Kier alpha value is -1.30. The topological polar surface area (TPSA) is 51.2 Å². The first-order valence-electron chi connectivity index (χ1n) is 9.10. The molecule has 132 valence electrons. The monoisotopic (exact) mass is 333 g/mol. The minimum absolute atomic E-state index is 0.295. The molecule has 24 heavy (non-hydrogen) atoms. The van der Waals surface area contributed by atoms with E-state index in [1.54, 1.807) is 0 Å². The van der Waals surface area contributed by atoms with Gasteiger partial charge in [0, 0.05) is 26.2 Å². The minimum Gasteiger partial charge on any atom is -0.486 e. The summed E-state index contributed by atoms with van der Waals surface area (Å²) in [5.41, 5.74) is 2.24. The number of aliphatic hydroxyl groups is 1. The summed E-state index contributed by atoms with van der Waals surface area (Å²) in [5, 5.41) is 10.4. The lowest BCUT2D eigenvalue weighted by atomic mass is 9.82. The highest BCUT2D eigenvalue weighted by Gasteiger charge is 2.43. The van der Waals surface area contributed by atoms with Crippen LogP contribution in [0, 0.1) is 6.92 Å². The summed E-state index contributed by atoms with van der Waals surface area (Å²) in [5.74, 6) is 1.72. The number of fused-ring (bicyclic) bond motifs is 1. The Balaban J connectivity index is 1.42. The SMILES string of the molecule is Cc1cc2c(cc1CN1CCC3(CC1)OCCCC3O)OCCO2. The molecule has 4 rings (SSSR count). The molecular formula is C19H27NO4. The molecule has 1 aromatic rings. The molecule has 1 N–H and O–H groups in total. The van der Waals surface area contributed by atoms with E-state index in [2.05, 4.69) is 24.0 Å². The van der Waals surface area contributed by atoms with Crippen LogP contribution in [0.2, 0.25) is 0 Å². The van der Waals surface area contributed by atoms with Gasteiger partial charge in [-0.3, -0.25) is 4.90 Å². The number of ether oxygens (including phenoxy) is 3. The van der Waals surface area contributed by atoms with Crippen LogP contribution in [-0.4, -0.2) is 54.6 Å². The maximum atomic E-state index is 10.4. The van der Waals surface area contributed by atoms with Crippen molar-refractivity contribution < 1.29 is 19.3 Å². The lowest BCUT2D eigenvalue weighted by molar-refractivity contribution is -0.177. The summed E-state index contributed by atoms with van der Waals surface area (Å²) >= 11 is 0. The fourth-order valence-corrected chi connectivity index (χ4v) is 4.12. The Morgan fingerprint density at radius 1 is 1.12 bits per heavy atom. The second kappa shape index (κ2) is 6.54. The molecule has 5 nitrogen and oxygen atoms in total. The highest BCUT2D eigenvalue weighted by molar-refractivity contribution is 5.47. The Morgan fingerprint density at radius 2 is 1.83 bits per heavy atom. The van der Waals surface area contributed by atoms with Crippen molar-refractivity contribution in [3.8, 4) is 11.5 Å². The van der Waals surface area contributed by atoms with Crippen LogP contribution in [0.15, 0.2) is 12.1 Å². The van der Waals surface area contributed by atoms with E-state index in [1.165, 1.54) is 11.1 Å². The number of benzene rings is 1. The van der Waals surface area contributed by atoms with E-state index in [9.17, 15) is 5.11 Å². The van der Waals surface area contributed by atoms with E-state index in [0.717, 1.165) is 63.4 Å². The van der Waals surface area contributed by atoms with E-state index in [4.69, 9.17) is 14.2 Å². The lowest BCUT2D eigenvalue weighted by Gasteiger charge is -2.46. The van der Waals surface area contributed by atoms with Gasteiger partial charge in [0.25, 0.3) is 0 Å². The van der Waals surface area contributed by atoms with Gasteiger partial charge in [-0.1, -0.05) is 0 Å². The van der Waals surface area contributed by atoms with Gasteiger partial charge >= 0.3 is 0 Å². The van der Waals surface area contributed by atoms with Crippen molar-refractivity contribution in [1.29, 1.82) is 0 Å². The van der Waals surface area contributed by atoms with Crippen molar-refractivity contribution in [2.24, 2.45) is 0 Å². The number of aryl methyl sites for hydroxylation is 1. The second-order valence-corrected chi connectivity index (χ2v) is 7.27. The zero-order valence-electron chi connectivity index (χ0n) is 14.4. The number of nitrogens with zero attached hydrogens (tertiary/aromatic N) is 1. The maximum absolute atomic E-state index is 10.4. The van der Waals surface area contributed by atoms with Crippen LogP contribution in [0.4, 0.5) is 0 Å². The van der Waals surface area contributed by atoms with E-state index < -0.39 is 0 Å². The molecule has 2 saturated heterocycles. The minimum atomic E-state index is -0.301. The van der Waals surface area contributed by atoms with Gasteiger partial charge in [0.1, 0.15) is 13.2 Å². The maximum Gasteiger partial charge on any atom is 0.161 e. The molecule has 0 aromatic heterocycles. The molecule has 1 spiro atoms. The molecule has 0 aliphatic carbocycles. The van der Waals surface area contributed by atoms with Gasteiger partial charge in [-0.25, -0.2) is 0 Å². The van der Waals surface area contributed by atoms with Crippen LogP contribution >= 0.6 is 0 Å². The molecule has 5 heteroatoms. The third-order valence-corrected chi connectivity index (χ3v) is 5.72. The predicted octanol–water partition coefficient (Wildman–Crippen LogP) is 2.27. The summed E-state index contributed by atoms with van der Waals surface area (Å²) < 4.78 is 17.4. The van der Waals surface area contributed by atoms with Gasteiger partial charge in [-0.05, 0) is 55.9 Å². The van der Waals surface area contributed by atoms with Crippen molar-refractivity contribution in [3.05, 3.63) is 23.3 Å². The first-order valence-corrected chi connectivity index (χ1v) is 9.10.